The average molecular weight is 195 g/mol. The quantitative estimate of drug-likeness (QED) is 0.779. The molecule has 1 N–H and O–H groups in total. The van der Waals surface area contributed by atoms with Crippen molar-refractivity contribution in [2.75, 3.05) is 0 Å². The normalized spacial score (nSPS) is 30.0. The highest BCUT2D eigenvalue weighted by Gasteiger charge is 2.56. The van der Waals surface area contributed by atoms with Gasteiger partial charge in [-0.2, -0.15) is 0 Å². The first-order valence-corrected chi connectivity index (χ1v) is 4.38. The van der Waals surface area contributed by atoms with Gasteiger partial charge >= 0.3 is 5.97 Å². The summed E-state index contributed by atoms with van der Waals surface area (Å²) in [6.07, 6.45) is 3.21. The summed E-state index contributed by atoms with van der Waals surface area (Å²) in [4.78, 5) is 14.4. The summed E-state index contributed by atoms with van der Waals surface area (Å²) in [6.45, 7) is 1.82. The minimum absolute atomic E-state index is 0.397. The fraction of sp³-hybridized carbons (Fsp3) is 0.400. The van der Waals surface area contributed by atoms with Crippen molar-refractivity contribution in [2.24, 2.45) is 5.92 Å². The maximum absolute atomic E-state index is 12.8. The summed E-state index contributed by atoms with van der Waals surface area (Å²) < 4.78 is 12.8. The van der Waals surface area contributed by atoms with Crippen LogP contribution >= 0.6 is 0 Å². The fourth-order valence-electron chi connectivity index (χ4n) is 1.77. The number of pyridine rings is 1. The first-order chi connectivity index (χ1) is 6.54. The number of rotatable bonds is 2. The number of carboxylic acids is 1. The molecular weight excluding hydrogens is 185 g/mol. The van der Waals surface area contributed by atoms with Crippen LogP contribution in [0.4, 0.5) is 4.39 Å². The Morgan fingerprint density at radius 3 is 2.93 bits per heavy atom. The predicted octanol–water partition coefficient (Wildman–Crippen LogP) is 1.58. The van der Waals surface area contributed by atoms with Crippen LogP contribution in [-0.4, -0.2) is 16.1 Å². The second-order valence-corrected chi connectivity index (χ2v) is 3.90. The van der Waals surface area contributed by atoms with E-state index in [4.69, 9.17) is 5.11 Å². The lowest BCUT2D eigenvalue weighted by atomic mass is 9.97. The van der Waals surface area contributed by atoms with Gasteiger partial charge in [-0.05, 0) is 18.1 Å². The average Bonchev–Trinajstić information content (AvgIpc) is 2.80. The third-order valence-electron chi connectivity index (χ3n) is 2.90. The highest BCUT2D eigenvalue weighted by atomic mass is 19.1. The molecule has 74 valence electrons. The maximum Gasteiger partial charge on any atom is 0.307 e. The molecule has 1 fully saturated rings. The van der Waals surface area contributed by atoms with Crippen molar-refractivity contribution in [1.29, 1.82) is 0 Å². The lowest BCUT2D eigenvalue weighted by Gasteiger charge is -2.08. The molecule has 0 bridgehead atoms. The maximum atomic E-state index is 12.8. The molecule has 1 aliphatic carbocycles. The minimum Gasteiger partial charge on any atom is -0.481 e. The van der Waals surface area contributed by atoms with Crippen molar-refractivity contribution in [3.8, 4) is 0 Å². The van der Waals surface area contributed by atoms with Gasteiger partial charge in [0.1, 0.15) is 5.82 Å². The van der Waals surface area contributed by atoms with Crippen LogP contribution in [0.5, 0.6) is 0 Å². The van der Waals surface area contributed by atoms with Crippen LogP contribution < -0.4 is 0 Å². The Morgan fingerprint density at radius 1 is 1.71 bits per heavy atom. The van der Waals surface area contributed by atoms with Crippen LogP contribution in [0.3, 0.4) is 0 Å². The van der Waals surface area contributed by atoms with Crippen LogP contribution in [-0.2, 0) is 10.2 Å². The molecule has 3 nitrogen and oxygen atoms in total. The number of nitrogens with zero attached hydrogens (tertiary/aromatic N) is 1. The molecule has 0 aromatic carbocycles. The first kappa shape index (κ1) is 9.12. The van der Waals surface area contributed by atoms with Crippen molar-refractivity contribution in [2.45, 2.75) is 18.8 Å². The molecule has 0 radical (unpaired) electrons. The number of halogens is 1. The highest BCUT2D eigenvalue weighted by Crippen LogP contribution is 2.53. The van der Waals surface area contributed by atoms with E-state index in [-0.39, 0.29) is 0 Å². The molecule has 0 amide bonds. The van der Waals surface area contributed by atoms with E-state index in [0.29, 0.717) is 12.0 Å². The Morgan fingerprint density at radius 2 is 2.43 bits per heavy atom. The van der Waals surface area contributed by atoms with Gasteiger partial charge in [0.05, 0.1) is 12.1 Å². The first-order valence-electron chi connectivity index (χ1n) is 4.38. The molecule has 2 rings (SSSR count). The topological polar surface area (TPSA) is 50.2 Å². The zero-order valence-electron chi connectivity index (χ0n) is 7.70. The Labute approximate surface area is 80.6 Å². The second kappa shape index (κ2) is 2.77. The molecule has 14 heavy (non-hydrogen) atoms. The van der Waals surface area contributed by atoms with E-state index in [2.05, 4.69) is 4.98 Å². The monoisotopic (exact) mass is 195 g/mol. The molecule has 0 aliphatic heterocycles. The van der Waals surface area contributed by atoms with E-state index in [0.717, 1.165) is 6.20 Å². The lowest BCUT2D eigenvalue weighted by molar-refractivity contribution is -0.138. The largest absolute Gasteiger partial charge is 0.481 e. The molecule has 0 saturated heterocycles. The third-order valence-corrected chi connectivity index (χ3v) is 2.90. The van der Waals surface area contributed by atoms with E-state index in [1.807, 2.05) is 6.92 Å². The number of aliphatic carboxylic acids is 1. The smallest absolute Gasteiger partial charge is 0.307 e. The molecule has 1 aromatic rings. The van der Waals surface area contributed by atoms with Crippen molar-refractivity contribution in [1.82, 2.24) is 4.98 Å². The molecule has 2 unspecified atom stereocenters. The summed E-state index contributed by atoms with van der Waals surface area (Å²) >= 11 is 0. The molecule has 2 atom stereocenters. The molecule has 1 saturated carbocycles. The number of hydrogen-bond donors (Lipinski definition) is 1. The van der Waals surface area contributed by atoms with Crippen LogP contribution in [0.25, 0.3) is 0 Å². The van der Waals surface area contributed by atoms with Crippen molar-refractivity contribution in [3.05, 3.63) is 29.8 Å². The predicted molar refractivity (Wildman–Crippen MR) is 47.3 cm³/mol. The number of hydrogen-bond acceptors (Lipinski definition) is 2. The SMILES string of the molecule is CC1(c2cncc(F)c2)CC1C(=O)O. The standard InChI is InChI=1S/C10H10FNO2/c1-10(3-8(10)9(13)14)6-2-7(11)5-12-4-6/h2,4-5,8H,3H2,1H3,(H,13,14). The van der Waals surface area contributed by atoms with Gasteiger partial charge in [-0.3, -0.25) is 9.78 Å². The lowest BCUT2D eigenvalue weighted by Crippen LogP contribution is -2.11. The molecule has 4 heteroatoms. The second-order valence-electron chi connectivity index (χ2n) is 3.90. The number of carboxylic acid groups (broad SMARTS) is 1. The van der Waals surface area contributed by atoms with Crippen molar-refractivity contribution in [3.63, 3.8) is 0 Å². The van der Waals surface area contributed by atoms with Crippen LogP contribution in [0.15, 0.2) is 18.5 Å². The molecule has 1 aromatic heterocycles. The fourth-order valence-corrected chi connectivity index (χ4v) is 1.77. The third kappa shape index (κ3) is 1.27. The van der Waals surface area contributed by atoms with Crippen LogP contribution in [0.2, 0.25) is 0 Å². The Bertz CT molecular complexity index is 393. The van der Waals surface area contributed by atoms with Gasteiger partial charge in [0, 0.05) is 11.6 Å². The van der Waals surface area contributed by atoms with Crippen LogP contribution in [0.1, 0.15) is 18.9 Å². The molecule has 1 heterocycles. The zero-order chi connectivity index (χ0) is 10.3. The molecule has 0 spiro atoms. The Kier molecular flexibility index (Phi) is 1.80. The van der Waals surface area contributed by atoms with Crippen LogP contribution in [0, 0.1) is 11.7 Å². The minimum atomic E-state index is -0.822. The van der Waals surface area contributed by atoms with Gasteiger partial charge in [-0.1, -0.05) is 6.92 Å². The Hall–Kier alpha value is -1.45. The summed E-state index contributed by atoms with van der Waals surface area (Å²) in [5, 5.41) is 8.81. The van der Waals surface area contributed by atoms with Crippen molar-refractivity contribution >= 4 is 5.97 Å². The number of aromatic nitrogens is 1. The zero-order valence-corrected chi connectivity index (χ0v) is 7.70. The summed E-state index contributed by atoms with van der Waals surface area (Å²) in [5.74, 6) is -1.64. The van der Waals surface area contributed by atoms with E-state index in [9.17, 15) is 9.18 Å². The van der Waals surface area contributed by atoms with Gasteiger partial charge in [0.15, 0.2) is 0 Å². The van der Waals surface area contributed by atoms with Gasteiger partial charge in [-0.15, -0.1) is 0 Å². The van der Waals surface area contributed by atoms with Gasteiger partial charge < -0.3 is 5.11 Å². The number of carbonyl (C=O) groups is 1. The summed E-state index contributed by atoms with van der Waals surface area (Å²) in [6, 6.07) is 1.36. The van der Waals surface area contributed by atoms with E-state index < -0.39 is 23.1 Å². The highest BCUT2D eigenvalue weighted by molar-refractivity contribution is 5.76. The van der Waals surface area contributed by atoms with Gasteiger partial charge in [0.25, 0.3) is 0 Å². The summed E-state index contributed by atoms with van der Waals surface area (Å²) in [7, 11) is 0. The van der Waals surface area contributed by atoms with Gasteiger partial charge in [-0.25, -0.2) is 4.39 Å². The molecule has 1 aliphatic rings. The Balaban J connectivity index is 2.30. The van der Waals surface area contributed by atoms with Gasteiger partial charge in [0.2, 0.25) is 0 Å². The van der Waals surface area contributed by atoms with E-state index in [1.165, 1.54) is 12.3 Å². The van der Waals surface area contributed by atoms with E-state index >= 15 is 0 Å². The van der Waals surface area contributed by atoms with E-state index in [1.54, 1.807) is 0 Å². The van der Waals surface area contributed by atoms with Crippen molar-refractivity contribution < 1.29 is 14.3 Å². The molecular formula is C10H10FNO2. The summed E-state index contributed by atoms with van der Waals surface area (Å²) in [5.41, 5.74) is 0.242.